The lowest BCUT2D eigenvalue weighted by Gasteiger charge is -2.30. The second kappa shape index (κ2) is 6.10. The Morgan fingerprint density at radius 1 is 1.39 bits per heavy atom. The predicted molar refractivity (Wildman–Crippen MR) is 73.4 cm³/mol. The summed E-state index contributed by atoms with van der Waals surface area (Å²) >= 11 is 5.73. The molecule has 0 saturated carbocycles. The fourth-order valence-electron chi connectivity index (χ4n) is 2.08. The van der Waals surface area contributed by atoms with Gasteiger partial charge >= 0.3 is 0 Å². The third-order valence-corrected chi connectivity index (χ3v) is 3.47. The van der Waals surface area contributed by atoms with E-state index in [0.717, 1.165) is 30.8 Å². The largest absolute Gasteiger partial charge is 0.482 e. The highest BCUT2D eigenvalue weighted by Gasteiger charge is 2.24. The summed E-state index contributed by atoms with van der Waals surface area (Å²) < 4.78 is 5.41. The fourth-order valence-corrected chi connectivity index (χ4v) is 2.45. The van der Waals surface area contributed by atoms with E-state index in [9.17, 15) is 4.79 Å². The Balaban J connectivity index is 2.05. The number of anilines is 1. The van der Waals surface area contributed by atoms with Crippen molar-refractivity contribution in [2.75, 3.05) is 23.9 Å². The number of amides is 1. The van der Waals surface area contributed by atoms with E-state index in [-0.39, 0.29) is 12.5 Å². The average molecular weight is 268 g/mol. The van der Waals surface area contributed by atoms with Crippen LogP contribution in [0.2, 0.25) is 0 Å². The van der Waals surface area contributed by atoms with Gasteiger partial charge in [-0.3, -0.25) is 4.79 Å². The van der Waals surface area contributed by atoms with Gasteiger partial charge in [0.1, 0.15) is 5.75 Å². The van der Waals surface area contributed by atoms with E-state index in [1.54, 1.807) is 0 Å². The molecule has 1 amide bonds. The standard InChI is InChI=1S/C14H18ClNO2/c1-11(6-8-15)7-9-16-12-4-2-3-5-13(12)18-10-14(16)17/h2-5,11H,6-10H2,1H3. The summed E-state index contributed by atoms with van der Waals surface area (Å²) in [6.45, 7) is 3.04. The molecule has 0 N–H and O–H groups in total. The molecule has 0 aliphatic carbocycles. The zero-order chi connectivity index (χ0) is 13.0. The highest BCUT2D eigenvalue weighted by Crippen LogP contribution is 2.31. The monoisotopic (exact) mass is 267 g/mol. The van der Waals surface area contributed by atoms with Crippen LogP contribution in [0, 0.1) is 5.92 Å². The van der Waals surface area contributed by atoms with Gasteiger partial charge in [-0.1, -0.05) is 19.1 Å². The maximum atomic E-state index is 11.9. The van der Waals surface area contributed by atoms with Gasteiger partial charge in [-0.25, -0.2) is 0 Å². The molecule has 1 unspecified atom stereocenters. The van der Waals surface area contributed by atoms with Crippen LogP contribution in [0.15, 0.2) is 24.3 Å². The van der Waals surface area contributed by atoms with Crippen molar-refractivity contribution in [2.45, 2.75) is 19.8 Å². The molecule has 4 heteroatoms. The molecule has 2 rings (SSSR count). The molecule has 1 aliphatic heterocycles. The molecular weight excluding hydrogens is 250 g/mol. The third kappa shape index (κ3) is 2.96. The van der Waals surface area contributed by atoms with Crippen LogP contribution < -0.4 is 9.64 Å². The van der Waals surface area contributed by atoms with E-state index < -0.39 is 0 Å². The van der Waals surface area contributed by atoms with Gasteiger partial charge in [0, 0.05) is 12.4 Å². The van der Waals surface area contributed by atoms with Crippen LogP contribution in [-0.4, -0.2) is 24.9 Å². The summed E-state index contributed by atoms with van der Waals surface area (Å²) in [5.74, 6) is 2.04. The van der Waals surface area contributed by atoms with Crippen LogP contribution in [0.5, 0.6) is 5.75 Å². The number of para-hydroxylation sites is 2. The highest BCUT2D eigenvalue weighted by molar-refractivity contribution is 6.17. The topological polar surface area (TPSA) is 29.5 Å². The number of carbonyl (C=O) groups is 1. The Morgan fingerprint density at radius 2 is 2.17 bits per heavy atom. The number of hydrogen-bond donors (Lipinski definition) is 0. The van der Waals surface area contributed by atoms with Crippen molar-refractivity contribution in [1.29, 1.82) is 0 Å². The summed E-state index contributed by atoms with van der Waals surface area (Å²) in [6, 6.07) is 7.68. The number of halogens is 1. The first-order valence-corrected chi connectivity index (χ1v) is 6.84. The maximum absolute atomic E-state index is 11.9. The van der Waals surface area contributed by atoms with Gasteiger partial charge in [-0.15, -0.1) is 11.6 Å². The number of carbonyl (C=O) groups excluding carboxylic acids is 1. The van der Waals surface area contributed by atoms with Gasteiger partial charge in [-0.05, 0) is 30.9 Å². The summed E-state index contributed by atoms with van der Waals surface area (Å²) in [5, 5.41) is 0. The molecule has 0 radical (unpaired) electrons. The molecule has 98 valence electrons. The van der Waals surface area contributed by atoms with Crippen molar-refractivity contribution < 1.29 is 9.53 Å². The summed E-state index contributed by atoms with van der Waals surface area (Å²) in [5.41, 5.74) is 0.881. The molecule has 1 aromatic carbocycles. The van der Waals surface area contributed by atoms with Crippen LogP contribution in [0.1, 0.15) is 19.8 Å². The Kier molecular flexibility index (Phi) is 4.48. The first-order chi connectivity index (χ1) is 8.72. The lowest BCUT2D eigenvalue weighted by atomic mass is 10.0. The van der Waals surface area contributed by atoms with Crippen molar-refractivity contribution in [1.82, 2.24) is 0 Å². The number of hydrogen-bond acceptors (Lipinski definition) is 2. The molecule has 0 saturated heterocycles. The summed E-state index contributed by atoms with van der Waals surface area (Å²) in [6.07, 6.45) is 1.95. The van der Waals surface area contributed by atoms with Crippen molar-refractivity contribution in [2.24, 2.45) is 5.92 Å². The Hall–Kier alpha value is -1.22. The van der Waals surface area contributed by atoms with Crippen molar-refractivity contribution in [3.8, 4) is 5.75 Å². The highest BCUT2D eigenvalue weighted by atomic mass is 35.5. The van der Waals surface area contributed by atoms with Gasteiger partial charge in [0.2, 0.25) is 0 Å². The number of alkyl halides is 1. The van der Waals surface area contributed by atoms with E-state index in [1.165, 1.54) is 0 Å². The Labute approximate surface area is 113 Å². The molecular formula is C14H18ClNO2. The minimum absolute atomic E-state index is 0.0340. The maximum Gasteiger partial charge on any atom is 0.265 e. The summed E-state index contributed by atoms with van der Waals surface area (Å²) in [7, 11) is 0. The lowest BCUT2D eigenvalue weighted by molar-refractivity contribution is -0.121. The minimum atomic E-state index is 0.0340. The molecule has 1 aliphatic rings. The molecule has 3 nitrogen and oxygen atoms in total. The van der Waals surface area contributed by atoms with Crippen LogP contribution in [0.25, 0.3) is 0 Å². The Bertz CT molecular complexity index is 422. The molecule has 18 heavy (non-hydrogen) atoms. The molecule has 1 atom stereocenters. The smallest absolute Gasteiger partial charge is 0.265 e. The van der Waals surface area contributed by atoms with Crippen LogP contribution in [0.3, 0.4) is 0 Å². The van der Waals surface area contributed by atoms with Gasteiger partial charge in [0.15, 0.2) is 6.61 Å². The number of rotatable bonds is 5. The molecule has 0 bridgehead atoms. The van der Waals surface area contributed by atoms with E-state index in [2.05, 4.69) is 6.92 Å². The van der Waals surface area contributed by atoms with E-state index in [4.69, 9.17) is 16.3 Å². The first kappa shape index (κ1) is 13.2. The molecule has 0 fully saturated rings. The quantitative estimate of drug-likeness (QED) is 0.768. The molecule has 1 heterocycles. The van der Waals surface area contributed by atoms with Crippen molar-refractivity contribution in [3.63, 3.8) is 0 Å². The van der Waals surface area contributed by atoms with Crippen LogP contribution in [-0.2, 0) is 4.79 Å². The normalized spacial score (nSPS) is 16.1. The third-order valence-electron chi connectivity index (χ3n) is 3.26. The van der Waals surface area contributed by atoms with Gasteiger partial charge in [0.25, 0.3) is 5.91 Å². The minimum Gasteiger partial charge on any atom is -0.482 e. The predicted octanol–water partition coefficient (Wildman–Crippen LogP) is 3.07. The zero-order valence-corrected chi connectivity index (χ0v) is 11.3. The second-order valence-corrected chi connectivity index (χ2v) is 5.05. The molecule has 0 spiro atoms. The number of nitrogens with zero attached hydrogens (tertiary/aromatic N) is 1. The van der Waals surface area contributed by atoms with E-state index in [0.29, 0.717) is 11.8 Å². The van der Waals surface area contributed by atoms with Crippen LogP contribution in [0.4, 0.5) is 5.69 Å². The number of fused-ring (bicyclic) bond motifs is 1. The van der Waals surface area contributed by atoms with Gasteiger partial charge in [-0.2, -0.15) is 0 Å². The molecule has 1 aromatic rings. The summed E-state index contributed by atoms with van der Waals surface area (Å²) in [4.78, 5) is 13.7. The number of benzene rings is 1. The fraction of sp³-hybridized carbons (Fsp3) is 0.500. The second-order valence-electron chi connectivity index (χ2n) is 4.67. The Morgan fingerprint density at radius 3 is 2.94 bits per heavy atom. The van der Waals surface area contributed by atoms with Crippen molar-refractivity contribution >= 4 is 23.2 Å². The van der Waals surface area contributed by atoms with Crippen molar-refractivity contribution in [3.05, 3.63) is 24.3 Å². The van der Waals surface area contributed by atoms with Gasteiger partial charge < -0.3 is 9.64 Å². The van der Waals surface area contributed by atoms with Crippen LogP contribution >= 0.6 is 11.6 Å². The number of ether oxygens (including phenoxy) is 1. The van der Waals surface area contributed by atoms with E-state index >= 15 is 0 Å². The van der Waals surface area contributed by atoms with E-state index in [1.807, 2.05) is 29.2 Å². The first-order valence-electron chi connectivity index (χ1n) is 6.30. The SMILES string of the molecule is CC(CCCl)CCN1C(=O)COc2ccccc21. The zero-order valence-electron chi connectivity index (χ0n) is 10.6. The molecule has 0 aromatic heterocycles. The average Bonchev–Trinajstić information content (AvgIpc) is 2.38. The lowest BCUT2D eigenvalue weighted by Crippen LogP contribution is -2.39. The van der Waals surface area contributed by atoms with Gasteiger partial charge in [0.05, 0.1) is 5.69 Å².